The zero-order chi connectivity index (χ0) is 12.3. The Bertz CT molecular complexity index is 488. The average Bonchev–Trinajstić information content (AvgIpc) is 2.40. The van der Waals surface area contributed by atoms with Crippen molar-refractivity contribution in [2.75, 3.05) is 12.4 Å². The minimum absolute atomic E-state index is 0.648. The van der Waals surface area contributed by atoms with Gasteiger partial charge >= 0.3 is 0 Å². The van der Waals surface area contributed by atoms with Crippen LogP contribution in [0.1, 0.15) is 12.6 Å². The Morgan fingerprint density at radius 2 is 2.12 bits per heavy atom. The molecule has 1 N–H and O–H groups in total. The van der Waals surface area contributed by atoms with Gasteiger partial charge in [-0.1, -0.05) is 13.0 Å². The Labute approximate surface area is 109 Å². The van der Waals surface area contributed by atoms with E-state index in [1.54, 1.807) is 6.20 Å². The van der Waals surface area contributed by atoms with Crippen molar-refractivity contribution in [1.29, 1.82) is 0 Å². The van der Waals surface area contributed by atoms with Crippen molar-refractivity contribution in [2.24, 2.45) is 0 Å². The third kappa shape index (κ3) is 2.44. The number of pyridine rings is 1. The highest BCUT2D eigenvalue weighted by atomic mass is 79.9. The van der Waals surface area contributed by atoms with Gasteiger partial charge in [0.15, 0.2) is 5.82 Å². The molecular formula is C12H13BrN4. The topological polar surface area (TPSA) is 50.7 Å². The molecule has 0 fully saturated rings. The molecule has 0 aliphatic heterocycles. The lowest BCUT2D eigenvalue weighted by Gasteiger charge is -2.09. The van der Waals surface area contributed by atoms with Gasteiger partial charge in [-0.3, -0.25) is 4.98 Å². The van der Waals surface area contributed by atoms with E-state index in [2.05, 4.69) is 43.1 Å². The molecule has 2 aromatic heterocycles. The van der Waals surface area contributed by atoms with Gasteiger partial charge in [0.05, 0.1) is 10.2 Å². The molecule has 0 atom stereocenters. The summed E-state index contributed by atoms with van der Waals surface area (Å²) in [5.41, 5.74) is 1.76. The molecule has 0 amide bonds. The van der Waals surface area contributed by atoms with Crippen LogP contribution < -0.4 is 5.32 Å². The van der Waals surface area contributed by atoms with Gasteiger partial charge in [0.1, 0.15) is 11.5 Å². The standard InChI is InChI=1S/C12H13BrN4/c1-3-8-10(13)12(14-2)17-11(16-8)9-6-4-5-7-15-9/h4-7H,3H2,1-2H3,(H,14,16,17). The maximum Gasteiger partial charge on any atom is 0.180 e. The number of aryl methyl sites for hydroxylation is 1. The molecule has 4 nitrogen and oxygen atoms in total. The number of rotatable bonds is 3. The van der Waals surface area contributed by atoms with Crippen molar-refractivity contribution < 1.29 is 0 Å². The van der Waals surface area contributed by atoms with Gasteiger partial charge in [-0.25, -0.2) is 9.97 Å². The van der Waals surface area contributed by atoms with Crippen molar-refractivity contribution in [3.8, 4) is 11.5 Å². The molecule has 2 heterocycles. The zero-order valence-corrected chi connectivity index (χ0v) is 11.3. The van der Waals surface area contributed by atoms with E-state index in [1.807, 2.05) is 25.2 Å². The van der Waals surface area contributed by atoms with Gasteiger partial charge in [0.25, 0.3) is 0 Å². The summed E-state index contributed by atoms with van der Waals surface area (Å²) in [6.07, 6.45) is 2.59. The molecule has 0 saturated heterocycles. The second kappa shape index (κ2) is 5.23. The van der Waals surface area contributed by atoms with E-state index in [9.17, 15) is 0 Å². The normalized spacial score (nSPS) is 10.3. The predicted molar refractivity (Wildman–Crippen MR) is 71.9 cm³/mol. The molecule has 0 unspecified atom stereocenters. The number of nitrogens with zero attached hydrogens (tertiary/aromatic N) is 3. The molecule has 0 spiro atoms. The van der Waals surface area contributed by atoms with E-state index in [4.69, 9.17) is 0 Å². The molecule has 17 heavy (non-hydrogen) atoms. The zero-order valence-electron chi connectivity index (χ0n) is 9.74. The Kier molecular flexibility index (Phi) is 3.68. The van der Waals surface area contributed by atoms with Gasteiger partial charge < -0.3 is 5.32 Å². The van der Waals surface area contributed by atoms with Crippen LogP contribution in [0.2, 0.25) is 0 Å². The summed E-state index contributed by atoms with van der Waals surface area (Å²) in [5.74, 6) is 1.44. The first-order valence-corrected chi connectivity index (χ1v) is 6.21. The third-order valence-corrected chi connectivity index (χ3v) is 3.22. The third-order valence-electron chi connectivity index (χ3n) is 2.39. The summed E-state index contributed by atoms with van der Waals surface area (Å²) in [4.78, 5) is 13.2. The largest absolute Gasteiger partial charge is 0.372 e. The molecule has 5 heteroatoms. The summed E-state index contributed by atoms with van der Waals surface area (Å²) in [5, 5.41) is 3.05. The monoisotopic (exact) mass is 292 g/mol. The number of nitrogens with one attached hydrogen (secondary N) is 1. The molecule has 2 rings (SSSR count). The first-order valence-electron chi connectivity index (χ1n) is 5.41. The van der Waals surface area contributed by atoms with Crippen LogP contribution in [0, 0.1) is 0 Å². The van der Waals surface area contributed by atoms with E-state index in [1.165, 1.54) is 0 Å². The van der Waals surface area contributed by atoms with E-state index in [-0.39, 0.29) is 0 Å². The maximum atomic E-state index is 4.51. The summed E-state index contributed by atoms with van der Waals surface area (Å²) in [7, 11) is 1.84. The second-order valence-corrected chi connectivity index (χ2v) is 4.27. The summed E-state index contributed by atoms with van der Waals surface area (Å²) in [6.45, 7) is 2.06. The lowest BCUT2D eigenvalue weighted by molar-refractivity contribution is 0.985. The van der Waals surface area contributed by atoms with Crippen molar-refractivity contribution in [1.82, 2.24) is 15.0 Å². The summed E-state index contributed by atoms with van der Waals surface area (Å²) in [6, 6.07) is 5.71. The maximum absolute atomic E-state index is 4.51. The molecule has 2 aromatic rings. The Morgan fingerprint density at radius 3 is 2.71 bits per heavy atom. The molecule has 0 aliphatic carbocycles. The van der Waals surface area contributed by atoms with Crippen LogP contribution in [-0.2, 0) is 6.42 Å². The van der Waals surface area contributed by atoms with Crippen LogP contribution in [0.5, 0.6) is 0 Å². The smallest absolute Gasteiger partial charge is 0.180 e. The van der Waals surface area contributed by atoms with Crippen molar-refractivity contribution in [3.05, 3.63) is 34.6 Å². The fourth-order valence-electron chi connectivity index (χ4n) is 1.50. The molecular weight excluding hydrogens is 280 g/mol. The van der Waals surface area contributed by atoms with Gasteiger partial charge in [-0.2, -0.15) is 0 Å². The van der Waals surface area contributed by atoms with E-state index in [0.29, 0.717) is 5.82 Å². The van der Waals surface area contributed by atoms with Gasteiger partial charge in [-0.15, -0.1) is 0 Å². The highest BCUT2D eigenvalue weighted by molar-refractivity contribution is 9.10. The number of aromatic nitrogens is 3. The van der Waals surface area contributed by atoms with Crippen LogP contribution in [-0.4, -0.2) is 22.0 Å². The number of hydrogen-bond donors (Lipinski definition) is 1. The van der Waals surface area contributed by atoms with Crippen LogP contribution >= 0.6 is 15.9 Å². The number of anilines is 1. The fraction of sp³-hybridized carbons (Fsp3) is 0.250. The fourth-order valence-corrected chi connectivity index (χ4v) is 2.16. The molecule has 0 saturated carbocycles. The first kappa shape index (κ1) is 12.0. The SMILES string of the molecule is CCc1nc(-c2ccccn2)nc(NC)c1Br. The minimum Gasteiger partial charge on any atom is -0.372 e. The van der Waals surface area contributed by atoms with Crippen LogP contribution in [0.25, 0.3) is 11.5 Å². The number of halogens is 1. The first-order chi connectivity index (χ1) is 8.26. The quantitative estimate of drug-likeness (QED) is 0.945. The van der Waals surface area contributed by atoms with E-state index >= 15 is 0 Å². The van der Waals surface area contributed by atoms with E-state index in [0.717, 1.165) is 28.1 Å². The van der Waals surface area contributed by atoms with Gasteiger partial charge in [-0.05, 0) is 34.5 Å². The average molecular weight is 293 g/mol. The molecule has 88 valence electrons. The highest BCUT2D eigenvalue weighted by Crippen LogP contribution is 2.26. The van der Waals surface area contributed by atoms with Crippen molar-refractivity contribution in [2.45, 2.75) is 13.3 Å². The van der Waals surface area contributed by atoms with Crippen molar-refractivity contribution >= 4 is 21.7 Å². The number of hydrogen-bond acceptors (Lipinski definition) is 4. The summed E-state index contributed by atoms with van der Waals surface area (Å²) < 4.78 is 0.919. The van der Waals surface area contributed by atoms with Crippen molar-refractivity contribution in [3.63, 3.8) is 0 Å². The molecule has 0 bridgehead atoms. The van der Waals surface area contributed by atoms with Gasteiger partial charge in [0, 0.05) is 13.2 Å². The van der Waals surface area contributed by atoms with Crippen LogP contribution in [0.3, 0.4) is 0 Å². The summed E-state index contributed by atoms with van der Waals surface area (Å²) >= 11 is 3.50. The molecule has 0 aromatic carbocycles. The van der Waals surface area contributed by atoms with Crippen LogP contribution in [0.4, 0.5) is 5.82 Å². The second-order valence-electron chi connectivity index (χ2n) is 3.48. The minimum atomic E-state index is 0.648. The Morgan fingerprint density at radius 1 is 1.29 bits per heavy atom. The molecule has 0 aliphatic rings. The van der Waals surface area contributed by atoms with E-state index < -0.39 is 0 Å². The highest BCUT2D eigenvalue weighted by Gasteiger charge is 2.11. The van der Waals surface area contributed by atoms with Gasteiger partial charge in [0.2, 0.25) is 0 Å². The predicted octanol–water partition coefficient (Wildman–Crippen LogP) is 2.91. The Hall–Kier alpha value is -1.49. The lowest BCUT2D eigenvalue weighted by atomic mass is 10.3. The lowest BCUT2D eigenvalue weighted by Crippen LogP contribution is -2.03. The Balaban J connectivity index is 2.56. The van der Waals surface area contributed by atoms with Crippen LogP contribution in [0.15, 0.2) is 28.9 Å². The molecule has 0 radical (unpaired) electrons.